The van der Waals surface area contributed by atoms with Crippen molar-refractivity contribution in [3.8, 4) is 27.9 Å². The lowest BCUT2D eigenvalue weighted by Gasteiger charge is -2.54. The summed E-state index contributed by atoms with van der Waals surface area (Å²) in [5, 5.41) is 3.92. The first-order valence-electron chi connectivity index (χ1n) is 22.1. The number of hydrogen-bond acceptors (Lipinski definition) is 1. The zero-order chi connectivity index (χ0) is 39.2. The summed E-state index contributed by atoms with van der Waals surface area (Å²) in [6.07, 6.45) is 12.2. The SMILES string of the molecule is CC1CC2CC(C)C3(c4ccccc4-c4ccc(N(c5ccc(-c6cccc7ccccc67)cc5)c5ccc(-n6c7c(c8ccccc86)CCC=C7)cc5)cc43)C(C1)C2. The first kappa shape index (κ1) is 34.9. The Bertz CT molecular complexity index is 2940. The van der Waals surface area contributed by atoms with Gasteiger partial charge in [-0.05, 0) is 173 Å². The first-order valence-corrected chi connectivity index (χ1v) is 22.1. The van der Waals surface area contributed by atoms with Crippen LogP contribution in [-0.2, 0) is 11.8 Å². The molecule has 0 N–H and O–H groups in total. The molecule has 0 amide bonds. The van der Waals surface area contributed by atoms with E-state index in [2.05, 4.69) is 193 Å². The van der Waals surface area contributed by atoms with Crippen LogP contribution in [-0.4, -0.2) is 4.57 Å². The second kappa shape index (κ2) is 13.5. The lowest BCUT2D eigenvalue weighted by molar-refractivity contribution is 0.0426. The Labute approximate surface area is 348 Å². The van der Waals surface area contributed by atoms with Gasteiger partial charge in [-0.25, -0.2) is 0 Å². The molecular formula is C57H50N2. The highest BCUT2D eigenvalue weighted by Gasteiger charge is 2.56. The second-order valence-corrected chi connectivity index (χ2v) is 18.2. The van der Waals surface area contributed by atoms with Gasteiger partial charge in [0.1, 0.15) is 0 Å². The molecule has 1 spiro atoms. The maximum absolute atomic E-state index is 2.61. The molecule has 4 aliphatic rings. The van der Waals surface area contributed by atoms with E-state index in [1.165, 1.54) is 104 Å². The van der Waals surface area contributed by atoms with E-state index in [1.807, 2.05) is 0 Å². The number of allylic oxidation sites excluding steroid dienone is 1. The molecule has 288 valence electrons. The molecule has 1 heterocycles. The van der Waals surface area contributed by atoms with E-state index in [-0.39, 0.29) is 5.41 Å². The molecule has 5 unspecified atom stereocenters. The van der Waals surface area contributed by atoms with E-state index in [4.69, 9.17) is 0 Å². The minimum Gasteiger partial charge on any atom is -0.310 e. The third-order valence-corrected chi connectivity index (χ3v) is 15.0. The van der Waals surface area contributed by atoms with Crippen LogP contribution in [0.2, 0.25) is 0 Å². The number of para-hydroxylation sites is 1. The van der Waals surface area contributed by atoms with E-state index in [0.717, 1.165) is 24.7 Å². The zero-order valence-electron chi connectivity index (χ0n) is 34.1. The van der Waals surface area contributed by atoms with Crippen LogP contribution in [0, 0.1) is 23.7 Å². The molecule has 0 aliphatic heterocycles. The molecule has 1 aromatic heterocycles. The molecule has 2 nitrogen and oxygen atoms in total. The van der Waals surface area contributed by atoms with Gasteiger partial charge >= 0.3 is 0 Å². The molecule has 5 atom stereocenters. The maximum atomic E-state index is 2.61. The van der Waals surface area contributed by atoms with Crippen molar-refractivity contribution < 1.29 is 0 Å². The largest absolute Gasteiger partial charge is 0.310 e. The van der Waals surface area contributed by atoms with Gasteiger partial charge in [-0.15, -0.1) is 0 Å². The summed E-state index contributed by atoms with van der Waals surface area (Å²) in [6.45, 7) is 5.09. The fourth-order valence-corrected chi connectivity index (χ4v) is 12.8. The van der Waals surface area contributed by atoms with Crippen LogP contribution in [0.3, 0.4) is 0 Å². The normalized spacial score (nSPS) is 22.7. The molecule has 0 radical (unpaired) electrons. The van der Waals surface area contributed by atoms with Crippen molar-refractivity contribution in [3.63, 3.8) is 0 Å². The Morgan fingerprint density at radius 3 is 2.14 bits per heavy atom. The van der Waals surface area contributed by atoms with Gasteiger partial charge in [0, 0.05) is 39.2 Å². The lowest BCUT2D eigenvalue weighted by Crippen LogP contribution is -2.49. The van der Waals surface area contributed by atoms with Crippen molar-refractivity contribution in [2.24, 2.45) is 23.7 Å². The van der Waals surface area contributed by atoms with Gasteiger partial charge in [-0.1, -0.05) is 123 Å². The number of aryl methyl sites for hydroxylation is 1. The van der Waals surface area contributed by atoms with Gasteiger partial charge in [-0.3, -0.25) is 0 Å². The molecule has 7 aromatic carbocycles. The number of fused-ring (bicyclic) bond motifs is 12. The third kappa shape index (κ3) is 5.24. The summed E-state index contributed by atoms with van der Waals surface area (Å²) >= 11 is 0. The molecule has 59 heavy (non-hydrogen) atoms. The summed E-state index contributed by atoms with van der Waals surface area (Å²) in [5.74, 6) is 2.86. The Morgan fingerprint density at radius 1 is 0.576 bits per heavy atom. The Kier molecular flexibility index (Phi) is 7.96. The Balaban J connectivity index is 1.02. The van der Waals surface area contributed by atoms with Crippen molar-refractivity contribution in [3.05, 3.63) is 186 Å². The predicted octanol–water partition coefficient (Wildman–Crippen LogP) is 15.2. The maximum Gasteiger partial charge on any atom is 0.0537 e. The highest BCUT2D eigenvalue weighted by Crippen LogP contribution is 2.65. The van der Waals surface area contributed by atoms with Crippen molar-refractivity contribution >= 4 is 44.8 Å². The van der Waals surface area contributed by atoms with E-state index in [9.17, 15) is 0 Å². The van der Waals surface area contributed by atoms with E-state index >= 15 is 0 Å². The number of anilines is 3. The van der Waals surface area contributed by atoms with Gasteiger partial charge in [-0.2, -0.15) is 0 Å². The van der Waals surface area contributed by atoms with Crippen LogP contribution in [0.25, 0.3) is 55.7 Å². The van der Waals surface area contributed by atoms with Gasteiger partial charge < -0.3 is 9.47 Å². The van der Waals surface area contributed by atoms with Crippen LogP contribution in [0.5, 0.6) is 0 Å². The molecular weight excluding hydrogens is 713 g/mol. The smallest absolute Gasteiger partial charge is 0.0537 e. The lowest BCUT2D eigenvalue weighted by atomic mass is 9.49. The molecule has 4 aliphatic carbocycles. The molecule has 2 bridgehead atoms. The third-order valence-electron chi connectivity index (χ3n) is 15.0. The zero-order valence-corrected chi connectivity index (χ0v) is 34.1. The molecule has 2 saturated carbocycles. The van der Waals surface area contributed by atoms with Crippen LogP contribution >= 0.6 is 0 Å². The number of rotatable bonds is 5. The first-order chi connectivity index (χ1) is 29.1. The van der Waals surface area contributed by atoms with Gasteiger partial charge in [0.15, 0.2) is 0 Å². The highest BCUT2D eigenvalue weighted by atomic mass is 15.1. The van der Waals surface area contributed by atoms with E-state index in [1.54, 1.807) is 11.1 Å². The van der Waals surface area contributed by atoms with Crippen LogP contribution in [0.1, 0.15) is 68.3 Å². The number of nitrogens with zero attached hydrogens (tertiary/aromatic N) is 2. The Hall–Kier alpha value is -6.12. The van der Waals surface area contributed by atoms with Gasteiger partial charge in [0.05, 0.1) is 5.52 Å². The van der Waals surface area contributed by atoms with E-state index < -0.39 is 0 Å². The molecule has 2 heteroatoms. The van der Waals surface area contributed by atoms with Crippen LogP contribution < -0.4 is 4.90 Å². The molecule has 2 fully saturated rings. The van der Waals surface area contributed by atoms with Crippen molar-refractivity contribution in [1.82, 2.24) is 4.57 Å². The molecule has 8 aromatic rings. The van der Waals surface area contributed by atoms with Crippen molar-refractivity contribution in [2.75, 3.05) is 4.90 Å². The fourth-order valence-electron chi connectivity index (χ4n) is 12.8. The monoisotopic (exact) mass is 762 g/mol. The number of aromatic nitrogens is 1. The highest BCUT2D eigenvalue weighted by molar-refractivity contribution is 5.97. The van der Waals surface area contributed by atoms with Crippen molar-refractivity contribution in [1.29, 1.82) is 0 Å². The summed E-state index contributed by atoms with van der Waals surface area (Å²) in [7, 11) is 0. The quantitative estimate of drug-likeness (QED) is 0.170. The molecule has 0 saturated heterocycles. The topological polar surface area (TPSA) is 8.17 Å². The summed E-state index contributed by atoms with van der Waals surface area (Å²) in [5.41, 5.74) is 17.4. The van der Waals surface area contributed by atoms with Gasteiger partial charge in [0.25, 0.3) is 0 Å². The second-order valence-electron chi connectivity index (χ2n) is 18.2. The van der Waals surface area contributed by atoms with E-state index in [0.29, 0.717) is 11.8 Å². The summed E-state index contributed by atoms with van der Waals surface area (Å²) < 4.78 is 2.46. The molecule has 12 rings (SSSR count). The number of hydrogen-bond donors (Lipinski definition) is 0. The Morgan fingerprint density at radius 2 is 1.27 bits per heavy atom. The van der Waals surface area contributed by atoms with Crippen molar-refractivity contribution in [2.45, 2.75) is 57.8 Å². The minimum absolute atomic E-state index is 0.0307. The number of benzene rings is 7. The minimum atomic E-state index is 0.0307. The summed E-state index contributed by atoms with van der Waals surface area (Å²) in [6, 6.07) is 59.8. The average Bonchev–Trinajstić information content (AvgIpc) is 3.77. The van der Waals surface area contributed by atoms with Gasteiger partial charge in [0.2, 0.25) is 0 Å². The fraction of sp³-hybridized carbons (Fsp3) is 0.228. The standard InChI is InChI=1S/C57H50N2/c1-37-32-39-34-38(2)57(42(33-37)35-39)53-19-8-5-15-49(53)50-31-30-46(36-54(50)57)58(43-24-22-41(23-25-43)48-18-11-13-40-12-3-4-14-47(40)48)44-26-28-45(29-27-44)59-55-20-9-6-16-51(55)52-17-7-10-21-56(52)59/h3-6,8-16,18-31,36-39,42H,7,17,32-35H2,1-2H3. The van der Waals surface area contributed by atoms with Crippen LogP contribution in [0.4, 0.5) is 17.1 Å². The predicted molar refractivity (Wildman–Crippen MR) is 248 cm³/mol. The average molecular weight is 763 g/mol. The van der Waals surface area contributed by atoms with Crippen LogP contribution in [0.15, 0.2) is 164 Å². The summed E-state index contributed by atoms with van der Waals surface area (Å²) in [4.78, 5) is 2.51.